The number of piperazine rings is 1. The van der Waals surface area contributed by atoms with E-state index >= 15 is 0 Å². The zero-order valence-electron chi connectivity index (χ0n) is 28.9. The molecule has 53 heavy (non-hydrogen) atoms. The number of anilines is 1. The monoisotopic (exact) mass is 719 g/mol. The lowest BCUT2D eigenvalue weighted by Crippen LogP contribution is -2.45. The second-order valence-corrected chi connectivity index (χ2v) is 13.3. The number of aryl methyl sites for hydroxylation is 1. The number of hydrogen-bond donors (Lipinski definition) is 2. The molecule has 3 amide bonds. The highest BCUT2D eigenvalue weighted by molar-refractivity contribution is 6.04. The van der Waals surface area contributed by atoms with Crippen molar-refractivity contribution in [2.45, 2.75) is 44.9 Å². The molecule has 10 nitrogen and oxygen atoms in total. The van der Waals surface area contributed by atoms with Crippen LogP contribution in [-0.2, 0) is 28.9 Å². The average Bonchev–Trinajstić information content (AvgIpc) is 3.56. The van der Waals surface area contributed by atoms with E-state index in [2.05, 4.69) is 37.5 Å². The van der Waals surface area contributed by atoms with Crippen LogP contribution in [0.5, 0.6) is 0 Å². The number of piperidine rings is 1. The SMILES string of the molecule is Cc1ccc(C(=O)Nc2ccc(CN3CCN(Cc4ccc(C5CCC(=O)NC5=O)cc4)CC3)c(C(F)(F)F)c2)cc1C#Cc1cnc2cccnn12. The van der Waals surface area contributed by atoms with Crippen LogP contribution >= 0.6 is 0 Å². The average molecular weight is 720 g/mol. The number of nitrogens with one attached hydrogen (secondary N) is 2. The Kier molecular flexibility index (Phi) is 10.1. The molecular formula is C40H36F3N7O3. The largest absolute Gasteiger partial charge is 0.416 e. The number of carbonyl (C=O) groups is 3. The fourth-order valence-corrected chi connectivity index (χ4v) is 6.67. The van der Waals surface area contributed by atoms with Crippen molar-refractivity contribution in [2.75, 3.05) is 31.5 Å². The van der Waals surface area contributed by atoms with Gasteiger partial charge in [-0.05, 0) is 77.9 Å². The summed E-state index contributed by atoms with van der Waals surface area (Å²) < 4.78 is 44.6. The van der Waals surface area contributed by atoms with Crippen molar-refractivity contribution < 1.29 is 27.6 Å². The van der Waals surface area contributed by atoms with Crippen molar-refractivity contribution in [1.29, 1.82) is 0 Å². The smallest absolute Gasteiger partial charge is 0.322 e. The van der Waals surface area contributed by atoms with Crippen molar-refractivity contribution in [3.8, 4) is 11.8 Å². The van der Waals surface area contributed by atoms with E-state index in [4.69, 9.17) is 0 Å². The number of amides is 3. The molecular weight excluding hydrogens is 683 g/mol. The van der Waals surface area contributed by atoms with Crippen LogP contribution in [0.15, 0.2) is 85.2 Å². The molecule has 5 aromatic rings. The summed E-state index contributed by atoms with van der Waals surface area (Å²) in [6.45, 7) is 5.22. The van der Waals surface area contributed by atoms with Gasteiger partial charge in [0, 0.05) is 68.7 Å². The van der Waals surface area contributed by atoms with E-state index in [0.717, 1.165) is 22.8 Å². The van der Waals surface area contributed by atoms with Gasteiger partial charge >= 0.3 is 6.18 Å². The molecule has 3 aromatic carbocycles. The molecule has 0 saturated carbocycles. The van der Waals surface area contributed by atoms with Crippen molar-refractivity contribution in [3.63, 3.8) is 0 Å². The van der Waals surface area contributed by atoms with Crippen molar-refractivity contribution in [2.24, 2.45) is 0 Å². The van der Waals surface area contributed by atoms with E-state index in [-0.39, 0.29) is 41.1 Å². The number of imidazole rings is 1. The summed E-state index contributed by atoms with van der Waals surface area (Å²) in [6.07, 6.45) is -0.554. The first-order valence-electron chi connectivity index (χ1n) is 17.3. The topological polar surface area (TPSA) is 112 Å². The van der Waals surface area contributed by atoms with E-state index in [1.165, 1.54) is 12.1 Å². The van der Waals surface area contributed by atoms with Crippen LogP contribution < -0.4 is 10.6 Å². The van der Waals surface area contributed by atoms with Gasteiger partial charge in [0.15, 0.2) is 5.65 Å². The molecule has 0 bridgehead atoms. The van der Waals surface area contributed by atoms with Crippen LogP contribution in [0.1, 0.15) is 68.2 Å². The fourth-order valence-electron chi connectivity index (χ4n) is 6.67. The van der Waals surface area contributed by atoms with E-state index < -0.39 is 17.6 Å². The number of rotatable bonds is 7. The lowest BCUT2D eigenvalue weighted by atomic mass is 9.90. The van der Waals surface area contributed by atoms with E-state index in [9.17, 15) is 27.6 Å². The zero-order chi connectivity index (χ0) is 37.1. The Morgan fingerprint density at radius 2 is 1.70 bits per heavy atom. The highest BCUT2D eigenvalue weighted by atomic mass is 19.4. The van der Waals surface area contributed by atoms with Crippen molar-refractivity contribution >= 4 is 29.1 Å². The third kappa shape index (κ3) is 8.30. The number of hydrogen-bond acceptors (Lipinski definition) is 7. The van der Waals surface area contributed by atoms with Crippen molar-refractivity contribution in [1.82, 2.24) is 29.7 Å². The molecule has 1 unspecified atom stereocenters. The summed E-state index contributed by atoms with van der Waals surface area (Å²) in [5.41, 5.74) is 4.26. The van der Waals surface area contributed by atoms with Crippen LogP contribution in [0.2, 0.25) is 0 Å². The maximum absolute atomic E-state index is 14.3. The van der Waals surface area contributed by atoms with Gasteiger partial charge in [0.2, 0.25) is 11.8 Å². The number of halogens is 3. The summed E-state index contributed by atoms with van der Waals surface area (Å²) in [6, 6.07) is 20.3. The minimum absolute atomic E-state index is 0.0459. The molecule has 7 rings (SSSR count). The molecule has 2 aromatic heterocycles. The summed E-state index contributed by atoms with van der Waals surface area (Å²) >= 11 is 0. The van der Waals surface area contributed by atoms with Crippen LogP contribution in [0.25, 0.3) is 5.65 Å². The third-order valence-electron chi connectivity index (χ3n) is 9.66. The molecule has 2 aliphatic heterocycles. The zero-order valence-corrected chi connectivity index (χ0v) is 28.9. The molecule has 0 spiro atoms. The predicted molar refractivity (Wildman–Crippen MR) is 192 cm³/mol. The first-order chi connectivity index (χ1) is 25.5. The Morgan fingerprint density at radius 3 is 2.43 bits per heavy atom. The lowest BCUT2D eigenvalue weighted by Gasteiger charge is -2.35. The van der Waals surface area contributed by atoms with Gasteiger partial charge in [-0.1, -0.05) is 42.3 Å². The van der Waals surface area contributed by atoms with Crippen LogP contribution in [0.3, 0.4) is 0 Å². The summed E-state index contributed by atoms with van der Waals surface area (Å²) in [5.74, 6) is 4.71. The molecule has 2 aliphatic rings. The van der Waals surface area contributed by atoms with Gasteiger partial charge in [0.1, 0.15) is 5.69 Å². The maximum Gasteiger partial charge on any atom is 0.416 e. The van der Waals surface area contributed by atoms with Gasteiger partial charge in [-0.15, -0.1) is 0 Å². The molecule has 13 heteroatoms. The molecule has 0 aliphatic carbocycles. The molecule has 1 atom stereocenters. The normalized spacial score (nSPS) is 16.9. The number of alkyl halides is 3. The lowest BCUT2D eigenvalue weighted by molar-refractivity contribution is -0.138. The number of nitrogens with zero attached hydrogens (tertiary/aromatic N) is 5. The third-order valence-corrected chi connectivity index (χ3v) is 9.66. The van der Waals surface area contributed by atoms with Gasteiger partial charge in [-0.2, -0.15) is 18.3 Å². The van der Waals surface area contributed by atoms with Crippen LogP contribution in [-0.4, -0.2) is 68.3 Å². The minimum atomic E-state index is -4.61. The Balaban J connectivity index is 0.965. The Hall–Kier alpha value is -5.84. The molecule has 4 heterocycles. The standard InChI is InChI=1S/C40H36F3N7O3/c1-26-4-7-30(21-29(26)11-13-33-23-44-36-3-2-16-45-50(33)36)38(52)46-32-12-10-31(35(22-32)40(41,42)43)25-49-19-17-48(18-20-49)24-27-5-8-28(9-6-27)34-14-15-37(51)47-39(34)53/h2-10,12,16,21-23,34H,14-15,17-20,24-25H2,1H3,(H,46,52)(H,47,51,53). The van der Waals surface area contributed by atoms with Crippen LogP contribution in [0.4, 0.5) is 18.9 Å². The number of aromatic nitrogens is 3. The molecule has 2 fully saturated rings. The van der Waals surface area contributed by atoms with E-state index in [1.807, 2.05) is 42.2 Å². The summed E-state index contributed by atoms with van der Waals surface area (Å²) in [7, 11) is 0. The molecule has 0 radical (unpaired) electrons. The Bertz CT molecular complexity index is 2250. The quantitative estimate of drug-likeness (QED) is 0.168. The number of fused-ring (bicyclic) bond motifs is 1. The van der Waals surface area contributed by atoms with Gasteiger partial charge in [0.25, 0.3) is 5.91 Å². The minimum Gasteiger partial charge on any atom is -0.322 e. The second-order valence-electron chi connectivity index (χ2n) is 13.3. The molecule has 2 N–H and O–H groups in total. The Morgan fingerprint density at radius 1 is 0.943 bits per heavy atom. The molecule has 270 valence electrons. The van der Waals surface area contributed by atoms with Gasteiger partial charge in [-0.3, -0.25) is 29.5 Å². The summed E-state index contributed by atoms with van der Waals surface area (Å²) in [4.78, 5) is 45.4. The van der Waals surface area contributed by atoms with Gasteiger partial charge in [-0.25, -0.2) is 9.50 Å². The summed E-state index contributed by atoms with van der Waals surface area (Å²) in [5, 5.41) is 9.28. The number of imide groups is 1. The Labute approximate surface area is 304 Å². The number of benzene rings is 3. The highest BCUT2D eigenvalue weighted by Crippen LogP contribution is 2.35. The first-order valence-corrected chi connectivity index (χ1v) is 17.3. The van der Waals surface area contributed by atoms with E-state index in [1.54, 1.807) is 41.2 Å². The number of carbonyl (C=O) groups excluding carboxylic acids is 3. The highest BCUT2D eigenvalue weighted by Gasteiger charge is 2.34. The first kappa shape index (κ1) is 35.6. The van der Waals surface area contributed by atoms with Crippen molar-refractivity contribution in [3.05, 3.63) is 130 Å². The van der Waals surface area contributed by atoms with E-state index in [0.29, 0.717) is 62.5 Å². The fraction of sp³-hybridized carbons (Fsp3) is 0.275. The van der Waals surface area contributed by atoms with Gasteiger partial charge < -0.3 is 5.32 Å². The van der Waals surface area contributed by atoms with Crippen LogP contribution in [0, 0.1) is 18.8 Å². The molecule has 2 saturated heterocycles. The van der Waals surface area contributed by atoms with Gasteiger partial charge in [0.05, 0.1) is 17.7 Å². The second kappa shape index (κ2) is 15.0. The predicted octanol–water partition coefficient (Wildman–Crippen LogP) is 5.55. The maximum atomic E-state index is 14.3.